The van der Waals surface area contributed by atoms with E-state index in [-0.39, 0.29) is 4.75 Å². The van der Waals surface area contributed by atoms with Crippen molar-refractivity contribution in [2.24, 2.45) is 0 Å². The van der Waals surface area contributed by atoms with Gasteiger partial charge in [0, 0.05) is 16.7 Å². The molecule has 0 atom stereocenters. The van der Waals surface area contributed by atoms with Crippen LogP contribution in [-0.4, -0.2) is 22.5 Å². The molecule has 5 heteroatoms. The maximum Gasteiger partial charge on any atom is 0.183 e. The van der Waals surface area contributed by atoms with Crippen molar-refractivity contribution < 1.29 is 0 Å². The van der Waals surface area contributed by atoms with Crippen LogP contribution in [0.1, 0.15) is 13.8 Å². The Labute approximate surface area is 95.7 Å². The van der Waals surface area contributed by atoms with Gasteiger partial charge in [-0.15, -0.1) is 11.3 Å². The van der Waals surface area contributed by atoms with Crippen molar-refractivity contribution in [1.29, 1.82) is 0 Å². The average Bonchev–Trinajstić information content (AvgIpc) is 2.48. The zero-order valence-electron chi connectivity index (χ0n) is 7.93. The van der Waals surface area contributed by atoms with Gasteiger partial charge in [0.15, 0.2) is 5.13 Å². The number of nitrogens with one attached hydrogen (secondary N) is 1. The lowest BCUT2D eigenvalue weighted by Crippen LogP contribution is -2.25. The van der Waals surface area contributed by atoms with Gasteiger partial charge in [-0.05, 0) is 36.0 Å². The standard InChI is InChI=1S/C8H13BrN2S2/c1-8(2,12-3)5-10-7-11-6(9)4-13-7/h4H,5H2,1-3H3,(H,10,11). The van der Waals surface area contributed by atoms with Gasteiger partial charge in [0.05, 0.1) is 0 Å². The van der Waals surface area contributed by atoms with Gasteiger partial charge in [-0.2, -0.15) is 11.8 Å². The zero-order chi connectivity index (χ0) is 9.90. The molecule has 0 aliphatic carbocycles. The van der Waals surface area contributed by atoms with Gasteiger partial charge in [-0.3, -0.25) is 0 Å². The quantitative estimate of drug-likeness (QED) is 0.915. The van der Waals surface area contributed by atoms with E-state index in [1.807, 2.05) is 17.1 Å². The number of hydrogen-bond acceptors (Lipinski definition) is 4. The smallest absolute Gasteiger partial charge is 0.183 e. The fraction of sp³-hybridized carbons (Fsp3) is 0.625. The van der Waals surface area contributed by atoms with Gasteiger partial charge in [0.2, 0.25) is 0 Å². The van der Waals surface area contributed by atoms with E-state index in [0.717, 1.165) is 16.3 Å². The molecule has 2 nitrogen and oxygen atoms in total. The number of halogens is 1. The SMILES string of the molecule is CSC(C)(C)CNc1nc(Br)cs1. The van der Waals surface area contributed by atoms with Gasteiger partial charge >= 0.3 is 0 Å². The van der Waals surface area contributed by atoms with Crippen LogP contribution in [0, 0.1) is 0 Å². The molecule has 0 aliphatic heterocycles. The zero-order valence-corrected chi connectivity index (χ0v) is 11.1. The van der Waals surface area contributed by atoms with E-state index in [1.165, 1.54) is 0 Å². The van der Waals surface area contributed by atoms with Gasteiger partial charge < -0.3 is 5.32 Å². The molecule has 1 N–H and O–H groups in total. The Hall–Kier alpha value is 0.260. The highest BCUT2D eigenvalue weighted by atomic mass is 79.9. The van der Waals surface area contributed by atoms with Crippen molar-refractivity contribution in [3.8, 4) is 0 Å². The first-order valence-corrected chi connectivity index (χ1v) is 6.83. The molecule has 0 aliphatic rings. The highest BCUT2D eigenvalue weighted by molar-refractivity contribution is 9.10. The summed E-state index contributed by atoms with van der Waals surface area (Å²) < 4.78 is 1.17. The number of thioether (sulfide) groups is 1. The molecule has 0 fully saturated rings. The van der Waals surface area contributed by atoms with Crippen molar-refractivity contribution >= 4 is 44.2 Å². The summed E-state index contributed by atoms with van der Waals surface area (Å²) in [6.07, 6.45) is 2.12. The number of rotatable bonds is 4. The summed E-state index contributed by atoms with van der Waals surface area (Å²) in [5, 5.41) is 6.27. The summed E-state index contributed by atoms with van der Waals surface area (Å²) in [5.41, 5.74) is 0. The molecule has 1 rings (SSSR count). The molecule has 0 amide bonds. The molecule has 13 heavy (non-hydrogen) atoms. The van der Waals surface area contributed by atoms with Gasteiger partial charge in [-0.25, -0.2) is 4.98 Å². The first-order valence-electron chi connectivity index (χ1n) is 3.93. The van der Waals surface area contributed by atoms with Crippen molar-refractivity contribution in [2.45, 2.75) is 18.6 Å². The molecular weight excluding hydrogens is 268 g/mol. The van der Waals surface area contributed by atoms with Crippen LogP contribution in [0.2, 0.25) is 0 Å². The number of aromatic nitrogens is 1. The van der Waals surface area contributed by atoms with Crippen molar-refractivity contribution in [1.82, 2.24) is 4.98 Å². The third kappa shape index (κ3) is 3.87. The molecule has 0 radical (unpaired) electrons. The average molecular weight is 281 g/mol. The number of nitrogens with zero attached hydrogens (tertiary/aromatic N) is 1. The van der Waals surface area contributed by atoms with E-state index in [4.69, 9.17) is 0 Å². The lowest BCUT2D eigenvalue weighted by Gasteiger charge is -2.21. The van der Waals surface area contributed by atoms with Crippen LogP contribution in [-0.2, 0) is 0 Å². The van der Waals surface area contributed by atoms with Crippen LogP contribution in [0.15, 0.2) is 9.98 Å². The molecule has 0 saturated carbocycles. The fourth-order valence-electron chi connectivity index (χ4n) is 0.696. The van der Waals surface area contributed by atoms with Crippen LogP contribution in [0.5, 0.6) is 0 Å². The topological polar surface area (TPSA) is 24.9 Å². The first kappa shape index (κ1) is 11.3. The van der Waals surface area contributed by atoms with E-state index >= 15 is 0 Å². The number of thiazole rings is 1. The molecule has 0 saturated heterocycles. The van der Waals surface area contributed by atoms with Gasteiger partial charge in [0.1, 0.15) is 4.60 Å². The highest BCUT2D eigenvalue weighted by Crippen LogP contribution is 2.24. The minimum Gasteiger partial charge on any atom is -0.360 e. The maximum atomic E-state index is 4.26. The van der Waals surface area contributed by atoms with Crippen molar-refractivity contribution in [2.75, 3.05) is 18.1 Å². The molecule has 0 unspecified atom stereocenters. The second-order valence-corrected chi connectivity index (χ2v) is 6.48. The van der Waals surface area contributed by atoms with Crippen LogP contribution < -0.4 is 5.32 Å². The molecular formula is C8H13BrN2S2. The van der Waals surface area contributed by atoms with E-state index in [2.05, 4.69) is 46.3 Å². The van der Waals surface area contributed by atoms with E-state index in [0.29, 0.717) is 0 Å². The van der Waals surface area contributed by atoms with Gasteiger partial charge in [-0.1, -0.05) is 0 Å². The van der Waals surface area contributed by atoms with Gasteiger partial charge in [0.25, 0.3) is 0 Å². The van der Waals surface area contributed by atoms with E-state index in [1.54, 1.807) is 11.3 Å². The van der Waals surface area contributed by atoms with E-state index in [9.17, 15) is 0 Å². The Morgan fingerprint density at radius 3 is 2.85 bits per heavy atom. The van der Waals surface area contributed by atoms with Crippen LogP contribution in [0.3, 0.4) is 0 Å². The highest BCUT2D eigenvalue weighted by Gasteiger charge is 2.15. The minimum absolute atomic E-state index is 0.262. The Kier molecular flexibility index (Phi) is 4.06. The van der Waals surface area contributed by atoms with Crippen molar-refractivity contribution in [3.05, 3.63) is 9.98 Å². The molecule has 1 aromatic heterocycles. The third-order valence-electron chi connectivity index (χ3n) is 1.69. The Bertz CT molecular complexity index is 273. The lowest BCUT2D eigenvalue weighted by molar-refractivity contribution is 0.752. The summed E-state index contributed by atoms with van der Waals surface area (Å²) >= 11 is 6.80. The molecule has 0 aromatic carbocycles. The fourth-order valence-corrected chi connectivity index (χ4v) is 2.06. The largest absolute Gasteiger partial charge is 0.360 e. The minimum atomic E-state index is 0.262. The molecule has 0 bridgehead atoms. The normalized spacial score (nSPS) is 11.7. The molecule has 1 aromatic rings. The summed E-state index contributed by atoms with van der Waals surface area (Å²) in [4.78, 5) is 4.26. The van der Waals surface area contributed by atoms with Crippen LogP contribution in [0.25, 0.3) is 0 Å². The second kappa shape index (κ2) is 4.66. The van der Waals surface area contributed by atoms with Crippen molar-refractivity contribution in [3.63, 3.8) is 0 Å². The third-order valence-corrected chi connectivity index (χ3v) is 4.45. The lowest BCUT2D eigenvalue weighted by atomic mass is 10.2. The van der Waals surface area contributed by atoms with Crippen LogP contribution in [0.4, 0.5) is 5.13 Å². The molecule has 0 spiro atoms. The first-order chi connectivity index (χ1) is 6.03. The van der Waals surface area contributed by atoms with Crippen LogP contribution >= 0.6 is 39.0 Å². The Balaban J connectivity index is 2.43. The number of hydrogen-bond donors (Lipinski definition) is 1. The monoisotopic (exact) mass is 280 g/mol. The maximum absolute atomic E-state index is 4.26. The Morgan fingerprint density at radius 1 is 1.69 bits per heavy atom. The molecule has 74 valence electrons. The Morgan fingerprint density at radius 2 is 2.38 bits per heavy atom. The summed E-state index contributed by atoms with van der Waals surface area (Å²) in [7, 11) is 0. The second-order valence-electron chi connectivity index (χ2n) is 3.29. The van der Waals surface area contributed by atoms with E-state index < -0.39 is 0 Å². The molecule has 1 heterocycles. The summed E-state index contributed by atoms with van der Waals surface area (Å²) in [6, 6.07) is 0. The predicted octanol–water partition coefficient (Wildman–Crippen LogP) is 3.46. The summed E-state index contributed by atoms with van der Waals surface area (Å²) in [6.45, 7) is 5.37. The predicted molar refractivity (Wildman–Crippen MR) is 65.9 cm³/mol. The summed E-state index contributed by atoms with van der Waals surface area (Å²) in [5.74, 6) is 0. The number of anilines is 1.